The Morgan fingerprint density at radius 1 is 1.35 bits per heavy atom. The predicted octanol–water partition coefficient (Wildman–Crippen LogP) is 3.12. The number of halogens is 1. The van der Waals surface area contributed by atoms with Crippen molar-refractivity contribution in [3.63, 3.8) is 0 Å². The van der Waals surface area contributed by atoms with Crippen LogP contribution in [0.25, 0.3) is 11.5 Å². The molecule has 90 valence electrons. The molecule has 0 aliphatic rings. The first kappa shape index (κ1) is 12.7. The zero-order chi connectivity index (χ0) is 12.4. The van der Waals surface area contributed by atoms with Crippen LogP contribution in [0, 0.1) is 10.5 Å². The molecule has 0 bridgehead atoms. The summed E-state index contributed by atoms with van der Waals surface area (Å²) in [6.45, 7) is 4.08. The van der Waals surface area contributed by atoms with E-state index in [-0.39, 0.29) is 0 Å². The molecule has 2 aromatic rings. The number of rotatable bonds is 3. The molecule has 0 atom stereocenters. The van der Waals surface area contributed by atoms with E-state index in [0.29, 0.717) is 5.82 Å². The maximum Gasteiger partial charge on any atom is 0.181 e. The molecular weight excluding hydrogens is 347 g/mol. The van der Waals surface area contributed by atoms with Crippen LogP contribution >= 0.6 is 33.9 Å². The minimum absolute atomic E-state index is 0.705. The van der Waals surface area contributed by atoms with Crippen molar-refractivity contribution >= 4 is 39.7 Å². The second-order valence-electron chi connectivity index (χ2n) is 3.51. The van der Waals surface area contributed by atoms with Gasteiger partial charge in [0.25, 0.3) is 0 Å². The number of nitrogens with zero attached hydrogens (tertiary/aromatic N) is 3. The lowest BCUT2D eigenvalue weighted by atomic mass is 10.3. The lowest BCUT2D eigenvalue weighted by Crippen LogP contribution is -2.04. The van der Waals surface area contributed by atoms with Gasteiger partial charge in [-0.05, 0) is 35.9 Å². The topological polar surface area (TPSA) is 50.7 Å². The molecule has 0 radical (unpaired) electrons. The van der Waals surface area contributed by atoms with Gasteiger partial charge in [0, 0.05) is 12.4 Å². The Bertz CT molecular complexity index is 513. The van der Waals surface area contributed by atoms with E-state index in [1.165, 1.54) is 0 Å². The number of hydrogen-bond donors (Lipinski definition) is 1. The third-order valence-electron chi connectivity index (χ3n) is 2.34. The summed E-state index contributed by atoms with van der Waals surface area (Å²) in [4.78, 5) is 13.5. The highest BCUT2D eigenvalue weighted by Crippen LogP contribution is 2.24. The number of aryl methyl sites for hydroxylation is 2. The molecule has 2 aromatic heterocycles. The Morgan fingerprint density at radius 3 is 2.65 bits per heavy atom. The van der Waals surface area contributed by atoms with Crippen LogP contribution in [0.2, 0.25) is 0 Å². The summed E-state index contributed by atoms with van der Waals surface area (Å²) < 4.78 is 1.09. The van der Waals surface area contributed by atoms with Gasteiger partial charge in [0.15, 0.2) is 5.82 Å². The second kappa shape index (κ2) is 5.26. The van der Waals surface area contributed by atoms with Gasteiger partial charge < -0.3 is 5.32 Å². The highest BCUT2D eigenvalue weighted by atomic mass is 127. The molecule has 1 N–H and O–H groups in total. The quantitative estimate of drug-likeness (QED) is 0.855. The third kappa shape index (κ3) is 2.57. The van der Waals surface area contributed by atoms with E-state index in [9.17, 15) is 0 Å². The standard InChI is InChI=1S/C11H13IN4S/c1-4-7-9(12)11(13-3)16-10(15-7)8-5-17-6(2)14-8/h5H,4H2,1-3H3,(H,13,15,16). The summed E-state index contributed by atoms with van der Waals surface area (Å²) in [5, 5.41) is 6.13. The molecule has 0 unspecified atom stereocenters. The van der Waals surface area contributed by atoms with Crippen LogP contribution in [0.1, 0.15) is 17.6 Å². The van der Waals surface area contributed by atoms with Crippen molar-refractivity contribution in [2.45, 2.75) is 20.3 Å². The van der Waals surface area contributed by atoms with E-state index in [1.807, 2.05) is 19.4 Å². The van der Waals surface area contributed by atoms with Crippen molar-refractivity contribution in [2.75, 3.05) is 12.4 Å². The highest BCUT2D eigenvalue weighted by Gasteiger charge is 2.12. The van der Waals surface area contributed by atoms with Crippen LogP contribution in [0.3, 0.4) is 0 Å². The molecule has 0 amide bonds. The van der Waals surface area contributed by atoms with E-state index in [4.69, 9.17) is 0 Å². The van der Waals surface area contributed by atoms with Gasteiger partial charge in [-0.3, -0.25) is 0 Å². The van der Waals surface area contributed by atoms with E-state index in [1.54, 1.807) is 11.3 Å². The number of hydrogen-bond acceptors (Lipinski definition) is 5. The van der Waals surface area contributed by atoms with Crippen molar-refractivity contribution in [2.24, 2.45) is 0 Å². The Balaban J connectivity index is 2.55. The van der Waals surface area contributed by atoms with Crippen LogP contribution in [0.15, 0.2) is 5.38 Å². The first-order valence-electron chi connectivity index (χ1n) is 5.32. The molecule has 2 rings (SSSR count). The first-order chi connectivity index (χ1) is 8.15. The molecule has 0 saturated carbocycles. The van der Waals surface area contributed by atoms with Crippen LogP contribution < -0.4 is 5.32 Å². The average Bonchev–Trinajstić information content (AvgIpc) is 2.76. The van der Waals surface area contributed by atoms with Crippen molar-refractivity contribution in [1.82, 2.24) is 15.0 Å². The van der Waals surface area contributed by atoms with Gasteiger partial charge in [0.05, 0.1) is 14.3 Å². The molecule has 0 spiro atoms. The number of anilines is 1. The van der Waals surface area contributed by atoms with Gasteiger partial charge in [-0.2, -0.15) is 0 Å². The second-order valence-corrected chi connectivity index (χ2v) is 5.65. The Morgan fingerprint density at radius 2 is 2.12 bits per heavy atom. The van der Waals surface area contributed by atoms with Crippen molar-refractivity contribution in [3.8, 4) is 11.5 Å². The van der Waals surface area contributed by atoms with Crippen molar-refractivity contribution < 1.29 is 0 Å². The maximum atomic E-state index is 4.57. The van der Waals surface area contributed by atoms with Gasteiger partial charge in [-0.15, -0.1) is 11.3 Å². The summed E-state index contributed by atoms with van der Waals surface area (Å²) >= 11 is 3.89. The number of thiazole rings is 1. The fourth-order valence-corrected chi connectivity index (χ4v) is 2.96. The Hall–Kier alpha value is -0.760. The van der Waals surface area contributed by atoms with Crippen LogP contribution in [0.5, 0.6) is 0 Å². The average molecular weight is 360 g/mol. The van der Waals surface area contributed by atoms with Crippen molar-refractivity contribution in [1.29, 1.82) is 0 Å². The zero-order valence-electron chi connectivity index (χ0n) is 9.91. The van der Waals surface area contributed by atoms with Crippen molar-refractivity contribution in [3.05, 3.63) is 19.7 Å². The molecule has 0 fully saturated rings. The van der Waals surface area contributed by atoms with Crippen LogP contribution in [0.4, 0.5) is 5.82 Å². The number of nitrogens with one attached hydrogen (secondary N) is 1. The zero-order valence-corrected chi connectivity index (χ0v) is 12.9. The lowest BCUT2D eigenvalue weighted by molar-refractivity contribution is 0.984. The van der Waals surface area contributed by atoms with E-state index >= 15 is 0 Å². The minimum atomic E-state index is 0.705. The molecule has 0 saturated heterocycles. The Kier molecular flexibility index (Phi) is 3.93. The van der Waals surface area contributed by atoms with E-state index in [2.05, 4.69) is 49.8 Å². The molecule has 2 heterocycles. The highest BCUT2D eigenvalue weighted by molar-refractivity contribution is 14.1. The van der Waals surface area contributed by atoms with Gasteiger partial charge >= 0.3 is 0 Å². The molecule has 0 aliphatic heterocycles. The smallest absolute Gasteiger partial charge is 0.181 e. The summed E-state index contributed by atoms with van der Waals surface area (Å²) in [7, 11) is 1.88. The fraction of sp³-hybridized carbons (Fsp3) is 0.364. The van der Waals surface area contributed by atoms with Gasteiger partial charge in [0.1, 0.15) is 11.5 Å². The molecule has 4 nitrogen and oxygen atoms in total. The SMILES string of the molecule is CCc1nc(-c2csc(C)n2)nc(NC)c1I. The molecule has 17 heavy (non-hydrogen) atoms. The predicted molar refractivity (Wildman–Crippen MR) is 79.5 cm³/mol. The molecular formula is C11H13IN4S. The molecule has 6 heteroatoms. The summed E-state index contributed by atoms with van der Waals surface area (Å²) in [6, 6.07) is 0. The maximum absolute atomic E-state index is 4.57. The number of aromatic nitrogens is 3. The Labute approximate surface area is 118 Å². The monoisotopic (exact) mass is 360 g/mol. The van der Waals surface area contributed by atoms with Gasteiger partial charge in [-0.1, -0.05) is 6.92 Å². The van der Waals surface area contributed by atoms with E-state index in [0.717, 1.165) is 32.2 Å². The summed E-state index contributed by atoms with van der Waals surface area (Å²) in [6.07, 6.45) is 0.894. The van der Waals surface area contributed by atoms with Crippen LogP contribution in [-0.2, 0) is 6.42 Å². The van der Waals surface area contributed by atoms with Gasteiger partial charge in [0.2, 0.25) is 0 Å². The largest absolute Gasteiger partial charge is 0.372 e. The minimum Gasteiger partial charge on any atom is -0.372 e. The summed E-state index contributed by atoms with van der Waals surface area (Å²) in [5.74, 6) is 1.58. The lowest BCUT2D eigenvalue weighted by Gasteiger charge is -2.08. The third-order valence-corrected chi connectivity index (χ3v) is 4.25. The first-order valence-corrected chi connectivity index (χ1v) is 7.28. The normalized spacial score (nSPS) is 10.6. The van der Waals surface area contributed by atoms with Gasteiger partial charge in [-0.25, -0.2) is 15.0 Å². The van der Waals surface area contributed by atoms with Crippen LogP contribution in [-0.4, -0.2) is 22.0 Å². The molecule has 0 aliphatic carbocycles. The van der Waals surface area contributed by atoms with E-state index < -0.39 is 0 Å². The fourth-order valence-electron chi connectivity index (χ4n) is 1.47. The summed E-state index contributed by atoms with van der Waals surface area (Å²) in [5.41, 5.74) is 1.92. The molecule has 0 aromatic carbocycles.